The van der Waals surface area contributed by atoms with Gasteiger partial charge in [-0.05, 0) is 47.2 Å². The summed E-state index contributed by atoms with van der Waals surface area (Å²) in [5, 5.41) is 10.4. The number of aromatic nitrogens is 2. The van der Waals surface area contributed by atoms with Crippen molar-refractivity contribution in [3.63, 3.8) is 0 Å². The van der Waals surface area contributed by atoms with E-state index < -0.39 is 5.97 Å². The van der Waals surface area contributed by atoms with Crippen LogP contribution < -0.4 is 5.32 Å². The number of rotatable bonds is 6. The molecule has 0 aliphatic heterocycles. The molecule has 0 saturated heterocycles. The summed E-state index contributed by atoms with van der Waals surface area (Å²) in [4.78, 5) is 29.9. The SMILES string of the molecule is O=C(OCc1nc(-c2cccs2)no1)c1ccc(NC(=O)c2cccs2)cc1. The molecule has 0 spiro atoms. The third-order valence-electron chi connectivity index (χ3n) is 3.66. The van der Waals surface area contributed by atoms with Crippen molar-refractivity contribution in [2.45, 2.75) is 6.61 Å². The number of nitrogens with one attached hydrogen (secondary N) is 1. The lowest BCUT2D eigenvalue weighted by molar-refractivity contribution is 0.0430. The van der Waals surface area contributed by atoms with Crippen LogP contribution >= 0.6 is 22.7 Å². The Balaban J connectivity index is 1.33. The summed E-state index contributed by atoms with van der Waals surface area (Å²) in [5.41, 5.74) is 0.944. The Morgan fingerprint density at radius 2 is 1.82 bits per heavy atom. The second kappa shape index (κ2) is 8.15. The second-order valence-corrected chi connectivity index (χ2v) is 7.47. The van der Waals surface area contributed by atoms with Crippen LogP contribution in [0.3, 0.4) is 0 Å². The highest BCUT2D eigenvalue weighted by Crippen LogP contribution is 2.21. The lowest BCUT2D eigenvalue weighted by atomic mass is 10.2. The molecule has 0 bridgehead atoms. The molecule has 0 fully saturated rings. The molecule has 0 saturated carbocycles. The van der Waals surface area contributed by atoms with Gasteiger partial charge in [0.25, 0.3) is 11.8 Å². The highest BCUT2D eigenvalue weighted by Gasteiger charge is 2.13. The number of hydrogen-bond donors (Lipinski definition) is 1. The van der Waals surface area contributed by atoms with Crippen molar-refractivity contribution in [3.05, 3.63) is 75.6 Å². The van der Waals surface area contributed by atoms with Crippen LogP contribution in [0.15, 0.2) is 63.8 Å². The number of thiophene rings is 2. The average Bonchev–Trinajstić information content (AvgIpc) is 3.49. The average molecular weight is 411 g/mol. The first-order valence-electron chi connectivity index (χ1n) is 8.17. The summed E-state index contributed by atoms with van der Waals surface area (Å²) in [6.45, 7) is -0.117. The molecule has 0 aliphatic carbocycles. The molecule has 0 aliphatic rings. The lowest BCUT2D eigenvalue weighted by Crippen LogP contribution is -2.10. The molecule has 140 valence electrons. The molecule has 0 radical (unpaired) electrons. The number of nitrogens with zero attached hydrogens (tertiary/aromatic N) is 2. The Labute approximate surface area is 167 Å². The Hall–Kier alpha value is -3.30. The van der Waals surface area contributed by atoms with Gasteiger partial charge >= 0.3 is 5.97 Å². The Morgan fingerprint density at radius 1 is 1.04 bits per heavy atom. The van der Waals surface area contributed by atoms with E-state index in [-0.39, 0.29) is 18.4 Å². The zero-order chi connectivity index (χ0) is 19.3. The first kappa shape index (κ1) is 18.1. The zero-order valence-electron chi connectivity index (χ0n) is 14.3. The van der Waals surface area contributed by atoms with Crippen molar-refractivity contribution in [3.8, 4) is 10.7 Å². The van der Waals surface area contributed by atoms with Crippen molar-refractivity contribution in [2.24, 2.45) is 0 Å². The van der Waals surface area contributed by atoms with Gasteiger partial charge in [0.05, 0.1) is 15.3 Å². The largest absolute Gasteiger partial charge is 0.452 e. The highest BCUT2D eigenvalue weighted by atomic mass is 32.1. The number of carbonyl (C=O) groups is 2. The van der Waals surface area contributed by atoms with Gasteiger partial charge in [-0.25, -0.2) is 4.79 Å². The van der Waals surface area contributed by atoms with Crippen molar-refractivity contribution in [2.75, 3.05) is 5.32 Å². The Bertz CT molecular complexity index is 1070. The second-order valence-electron chi connectivity index (χ2n) is 5.57. The lowest BCUT2D eigenvalue weighted by Gasteiger charge is -2.05. The maximum absolute atomic E-state index is 12.2. The molecule has 28 heavy (non-hydrogen) atoms. The van der Waals surface area contributed by atoms with Crippen LogP contribution in [0.4, 0.5) is 5.69 Å². The first-order chi connectivity index (χ1) is 13.7. The third kappa shape index (κ3) is 4.16. The van der Waals surface area contributed by atoms with Crippen LogP contribution in [0.2, 0.25) is 0 Å². The summed E-state index contributed by atoms with van der Waals surface area (Å²) in [7, 11) is 0. The Kier molecular flexibility index (Phi) is 5.27. The summed E-state index contributed by atoms with van der Waals surface area (Å²) < 4.78 is 10.3. The smallest absolute Gasteiger partial charge is 0.338 e. The molecule has 4 aromatic rings. The minimum absolute atomic E-state index is 0.117. The van der Waals surface area contributed by atoms with Gasteiger partial charge in [-0.3, -0.25) is 4.79 Å². The van der Waals surface area contributed by atoms with E-state index >= 15 is 0 Å². The van der Waals surface area contributed by atoms with Gasteiger partial charge in [0.15, 0.2) is 6.61 Å². The molecular weight excluding hydrogens is 398 g/mol. The standard InChI is InChI=1S/C19H13N3O4S2/c23-18(15-4-2-10-28-15)20-13-7-5-12(6-8-13)19(24)25-11-16-21-17(22-26-16)14-3-1-9-27-14/h1-10H,11H2,(H,20,23). The monoisotopic (exact) mass is 411 g/mol. The number of anilines is 1. The van der Waals surface area contributed by atoms with Crippen LogP contribution in [-0.4, -0.2) is 22.0 Å². The van der Waals surface area contributed by atoms with Crippen LogP contribution in [0, 0.1) is 0 Å². The van der Waals surface area contributed by atoms with E-state index in [0.717, 1.165) is 4.88 Å². The van der Waals surface area contributed by atoms with E-state index in [0.29, 0.717) is 22.0 Å². The van der Waals surface area contributed by atoms with E-state index in [1.165, 1.54) is 22.7 Å². The van der Waals surface area contributed by atoms with Crippen LogP contribution in [0.5, 0.6) is 0 Å². The normalized spacial score (nSPS) is 10.6. The van der Waals surface area contributed by atoms with E-state index in [1.807, 2.05) is 29.0 Å². The van der Waals surface area contributed by atoms with E-state index in [9.17, 15) is 9.59 Å². The molecular formula is C19H13N3O4S2. The maximum atomic E-state index is 12.2. The Morgan fingerprint density at radius 3 is 2.54 bits per heavy atom. The van der Waals surface area contributed by atoms with Crippen LogP contribution in [0.25, 0.3) is 10.7 Å². The predicted octanol–water partition coefficient (Wildman–Crippen LogP) is 4.47. The van der Waals surface area contributed by atoms with Gasteiger partial charge in [0, 0.05) is 5.69 Å². The van der Waals surface area contributed by atoms with Crippen molar-refractivity contribution >= 4 is 40.2 Å². The molecule has 9 heteroatoms. The maximum Gasteiger partial charge on any atom is 0.338 e. The van der Waals surface area contributed by atoms with Gasteiger partial charge < -0.3 is 14.6 Å². The number of ether oxygens (including phenoxy) is 1. The van der Waals surface area contributed by atoms with Gasteiger partial charge in [0.1, 0.15) is 0 Å². The number of hydrogen-bond acceptors (Lipinski definition) is 8. The summed E-state index contributed by atoms with van der Waals surface area (Å²) in [5.74, 6) is -0.0289. The zero-order valence-corrected chi connectivity index (χ0v) is 16.0. The van der Waals surface area contributed by atoms with E-state index in [2.05, 4.69) is 15.5 Å². The molecule has 7 nitrogen and oxygen atoms in total. The summed E-state index contributed by atoms with van der Waals surface area (Å²) in [6.07, 6.45) is 0. The number of benzene rings is 1. The van der Waals surface area contributed by atoms with Crippen molar-refractivity contribution in [1.29, 1.82) is 0 Å². The molecule has 1 amide bonds. The molecule has 1 aromatic carbocycles. The molecule has 1 N–H and O–H groups in total. The number of amides is 1. The third-order valence-corrected chi connectivity index (χ3v) is 5.39. The molecule has 3 heterocycles. The fourth-order valence-corrected chi connectivity index (χ4v) is 3.59. The highest BCUT2D eigenvalue weighted by molar-refractivity contribution is 7.13. The minimum Gasteiger partial charge on any atom is -0.452 e. The van der Waals surface area contributed by atoms with Gasteiger partial charge in [-0.15, -0.1) is 22.7 Å². The summed E-state index contributed by atoms with van der Waals surface area (Å²) in [6, 6.07) is 13.8. The molecule has 0 atom stereocenters. The minimum atomic E-state index is -0.521. The molecule has 3 aromatic heterocycles. The fourth-order valence-electron chi connectivity index (χ4n) is 2.32. The quantitative estimate of drug-likeness (QED) is 0.471. The summed E-state index contributed by atoms with van der Waals surface area (Å²) >= 11 is 2.85. The van der Waals surface area contributed by atoms with Crippen LogP contribution in [-0.2, 0) is 11.3 Å². The van der Waals surface area contributed by atoms with Gasteiger partial charge in [-0.1, -0.05) is 17.3 Å². The van der Waals surface area contributed by atoms with Gasteiger partial charge in [0.2, 0.25) is 5.82 Å². The van der Waals surface area contributed by atoms with E-state index in [4.69, 9.17) is 9.26 Å². The van der Waals surface area contributed by atoms with E-state index in [1.54, 1.807) is 30.3 Å². The first-order valence-corrected chi connectivity index (χ1v) is 9.93. The number of carbonyl (C=O) groups excluding carboxylic acids is 2. The molecule has 0 unspecified atom stereocenters. The fraction of sp³-hybridized carbons (Fsp3) is 0.0526. The molecule has 4 rings (SSSR count). The predicted molar refractivity (Wildman–Crippen MR) is 105 cm³/mol. The van der Waals surface area contributed by atoms with Crippen LogP contribution in [0.1, 0.15) is 25.9 Å². The topological polar surface area (TPSA) is 94.3 Å². The number of esters is 1. The van der Waals surface area contributed by atoms with Gasteiger partial charge in [-0.2, -0.15) is 4.98 Å². The van der Waals surface area contributed by atoms with Crippen molar-refractivity contribution < 1.29 is 18.8 Å². The van der Waals surface area contributed by atoms with Crippen molar-refractivity contribution in [1.82, 2.24) is 10.1 Å².